The van der Waals surface area contributed by atoms with E-state index in [0.717, 1.165) is 6.42 Å². The Hall–Kier alpha value is -1.31. The van der Waals surface area contributed by atoms with Crippen LogP contribution in [0.25, 0.3) is 0 Å². The fraction of sp³-hybridized carbons (Fsp3) is 0.462. The van der Waals surface area contributed by atoms with Crippen molar-refractivity contribution < 1.29 is 9.53 Å². The molecule has 0 atom stereocenters. The van der Waals surface area contributed by atoms with Gasteiger partial charge in [-0.15, -0.1) is 0 Å². The highest BCUT2D eigenvalue weighted by molar-refractivity contribution is 5.89. The van der Waals surface area contributed by atoms with E-state index >= 15 is 0 Å². The van der Waals surface area contributed by atoms with Gasteiger partial charge in [-0.1, -0.05) is 32.9 Å². The van der Waals surface area contributed by atoms with Crippen molar-refractivity contribution in [1.29, 1.82) is 0 Å². The fourth-order valence-electron chi connectivity index (χ4n) is 1.20. The largest absolute Gasteiger partial charge is 0.462 e. The van der Waals surface area contributed by atoms with E-state index < -0.39 is 0 Å². The van der Waals surface area contributed by atoms with Gasteiger partial charge in [0, 0.05) is 0 Å². The molecular formula is C13H18O2. The van der Waals surface area contributed by atoms with Crippen LogP contribution in [0, 0.1) is 5.92 Å². The Labute approximate surface area is 91.3 Å². The molecule has 1 aromatic carbocycles. The number of ether oxygens (including phenoxy) is 1. The highest BCUT2D eigenvalue weighted by Gasteiger charge is 2.07. The number of benzene rings is 1. The summed E-state index contributed by atoms with van der Waals surface area (Å²) in [5.41, 5.74) is 1.86. The molecule has 2 nitrogen and oxygen atoms in total. The standard InChI is InChI=1S/C13H18O2/c1-4-11-5-7-12(8-6-11)13(14)15-9-10(2)3/h5-8,10H,4,9H2,1-3H3. The van der Waals surface area contributed by atoms with Crippen molar-refractivity contribution in [2.75, 3.05) is 6.61 Å². The number of rotatable bonds is 4. The topological polar surface area (TPSA) is 26.3 Å². The minimum atomic E-state index is -0.230. The Balaban J connectivity index is 2.58. The lowest BCUT2D eigenvalue weighted by Crippen LogP contribution is -2.10. The van der Waals surface area contributed by atoms with Gasteiger partial charge in [0.2, 0.25) is 0 Å². The molecule has 0 fully saturated rings. The van der Waals surface area contributed by atoms with Crippen LogP contribution >= 0.6 is 0 Å². The molecule has 0 aromatic heterocycles. The number of carbonyl (C=O) groups excluding carboxylic acids is 1. The predicted octanol–water partition coefficient (Wildman–Crippen LogP) is 3.06. The highest BCUT2D eigenvalue weighted by Crippen LogP contribution is 2.07. The molecule has 0 unspecified atom stereocenters. The third-order valence-electron chi connectivity index (χ3n) is 2.15. The van der Waals surface area contributed by atoms with E-state index in [4.69, 9.17) is 4.74 Å². The Morgan fingerprint density at radius 1 is 1.27 bits per heavy atom. The molecule has 0 radical (unpaired) electrons. The Bertz CT molecular complexity index is 312. The molecule has 0 heterocycles. The first-order chi connectivity index (χ1) is 7.13. The summed E-state index contributed by atoms with van der Waals surface area (Å²) in [7, 11) is 0. The first-order valence-corrected chi connectivity index (χ1v) is 5.39. The second kappa shape index (κ2) is 5.54. The van der Waals surface area contributed by atoms with Gasteiger partial charge in [-0.3, -0.25) is 0 Å². The minimum Gasteiger partial charge on any atom is -0.462 e. The molecule has 0 aliphatic heterocycles. The summed E-state index contributed by atoms with van der Waals surface area (Å²) in [4.78, 5) is 11.5. The van der Waals surface area contributed by atoms with Crippen molar-refractivity contribution >= 4 is 5.97 Å². The SMILES string of the molecule is CCc1ccc(C(=O)OCC(C)C)cc1. The maximum Gasteiger partial charge on any atom is 0.338 e. The summed E-state index contributed by atoms with van der Waals surface area (Å²) >= 11 is 0. The quantitative estimate of drug-likeness (QED) is 0.708. The Morgan fingerprint density at radius 2 is 1.87 bits per heavy atom. The number of carbonyl (C=O) groups is 1. The van der Waals surface area contributed by atoms with Crippen molar-refractivity contribution in [2.45, 2.75) is 27.2 Å². The summed E-state index contributed by atoms with van der Waals surface area (Å²) in [5.74, 6) is 0.148. The molecule has 0 aliphatic carbocycles. The zero-order valence-corrected chi connectivity index (χ0v) is 9.62. The summed E-state index contributed by atoms with van der Waals surface area (Å²) in [5, 5.41) is 0. The van der Waals surface area contributed by atoms with Gasteiger partial charge >= 0.3 is 5.97 Å². The molecule has 0 spiro atoms. The van der Waals surface area contributed by atoms with E-state index in [1.54, 1.807) is 0 Å². The zero-order chi connectivity index (χ0) is 11.3. The highest BCUT2D eigenvalue weighted by atomic mass is 16.5. The van der Waals surface area contributed by atoms with Crippen LogP contribution in [0.15, 0.2) is 24.3 Å². The average molecular weight is 206 g/mol. The molecule has 0 saturated heterocycles. The second-order valence-electron chi connectivity index (χ2n) is 4.04. The first-order valence-electron chi connectivity index (χ1n) is 5.39. The number of aryl methyl sites for hydroxylation is 1. The number of hydrogen-bond donors (Lipinski definition) is 0. The molecule has 0 saturated carbocycles. The van der Waals surface area contributed by atoms with Gasteiger partial charge < -0.3 is 4.74 Å². The van der Waals surface area contributed by atoms with Crippen LogP contribution in [0.1, 0.15) is 36.7 Å². The normalized spacial score (nSPS) is 10.4. The van der Waals surface area contributed by atoms with Gasteiger partial charge in [-0.2, -0.15) is 0 Å². The van der Waals surface area contributed by atoms with E-state index in [1.165, 1.54) is 5.56 Å². The molecular weight excluding hydrogens is 188 g/mol. The lowest BCUT2D eigenvalue weighted by Gasteiger charge is -2.07. The summed E-state index contributed by atoms with van der Waals surface area (Å²) in [6.45, 7) is 6.61. The molecule has 1 aromatic rings. The van der Waals surface area contributed by atoms with E-state index in [2.05, 4.69) is 6.92 Å². The van der Waals surface area contributed by atoms with Crippen molar-refractivity contribution in [3.8, 4) is 0 Å². The third-order valence-corrected chi connectivity index (χ3v) is 2.15. The molecule has 0 aliphatic rings. The summed E-state index contributed by atoms with van der Waals surface area (Å²) < 4.78 is 5.12. The molecule has 0 N–H and O–H groups in total. The van der Waals surface area contributed by atoms with Crippen LogP contribution in [-0.2, 0) is 11.2 Å². The monoisotopic (exact) mass is 206 g/mol. The Morgan fingerprint density at radius 3 is 2.33 bits per heavy atom. The van der Waals surface area contributed by atoms with Crippen LogP contribution in [0.2, 0.25) is 0 Å². The zero-order valence-electron chi connectivity index (χ0n) is 9.62. The van der Waals surface area contributed by atoms with Crippen LogP contribution in [0.3, 0.4) is 0 Å². The van der Waals surface area contributed by atoms with Crippen LogP contribution in [0.4, 0.5) is 0 Å². The fourth-order valence-corrected chi connectivity index (χ4v) is 1.20. The molecule has 0 amide bonds. The van der Waals surface area contributed by atoms with Gasteiger partial charge in [-0.25, -0.2) is 4.79 Å². The molecule has 1 rings (SSSR count). The first kappa shape index (κ1) is 11.8. The minimum absolute atomic E-state index is 0.230. The predicted molar refractivity (Wildman–Crippen MR) is 60.9 cm³/mol. The summed E-state index contributed by atoms with van der Waals surface area (Å²) in [6.07, 6.45) is 0.987. The van der Waals surface area contributed by atoms with E-state index in [1.807, 2.05) is 38.1 Å². The lowest BCUT2D eigenvalue weighted by atomic mass is 10.1. The van der Waals surface area contributed by atoms with Crippen molar-refractivity contribution in [2.24, 2.45) is 5.92 Å². The molecule has 0 bridgehead atoms. The summed E-state index contributed by atoms with van der Waals surface area (Å²) in [6, 6.07) is 7.57. The van der Waals surface area contributed by atoms with Crippen molar-refractivity contribution in [3.63, 3.8) is 0 Å². The second-order valence-corrected chi connectivity index (χ2v) is 4.04. The van der Waals surface area contributed by atoms with E-state index in [0.29, 0.717) is 18.1 Å². The van der Waals surface area contributed by atoms with Gasteiger partial charge in [-0.05, 0) is 30.0 Å². The average Bonchev–Trinajstić information content (AvgIpc) is 2.26. The Kier molecular flexibility index (Phi) is 4.35. The van der Waals surface area contributed by atoms with Gasteiger partial charge in [0.25, 0.3) is 0 Å². The van der Waals surface area contributed by atoms with Crippen molar-refractivity contribution in [3.05, 3.63) is 35.4 Å². The number of esters is 1. The van der Waals surface area contributed by atoms with E-state index in [-0.39, 0.29) is 5.97 Å². The molecule has 2 heteroatoms. The van der Waals surface area contributed by atoms with Gasteiger partial charge in [0.05, 0.1) is 12.2 Å². The molecule has 82 valence electrons. The van der Waals surface area contributed by atoms with Crippen LogP contribution in [0.5, 0.6) is 0 Å². The van der Waals surface area contributed by atoms with Crippen LogP contribution in [-0.4, -0.2) is 12.6 Å². The van der Waals surface area contributed by atoms with Crippen LogP contribution < -0.4 is 0 Å². The molecule has 15 heavy (non-hydrogen) atoms. The number of hydrogen-bond acceptors (Lipinski definition) is 2. The maximum atomic E-state index is 11.5. The smallest absolute Gasteiger partial charge is 0.338 e. The lowest BCUT2D eigenvalue weighted by molar-refractivity contribution is 0.0459. The van der Waals surface area contributed by atoms with E-state index in [9.17, 15) is 4.79 Å². The van der Waals surface area contributed by atoms with Gasteiger partial charge in [0.15, 0.2) is 0 Å². The third kappa shape index (κ3) is 3.74. The maximum absolute atomic E-state index is 11.5. The van der Waals surface area contributed by atoms with Gasteiger partial charge in [0.1, 0.15) is 0 Å². The van der Waals surface area contributed by atoms with Crippen molar-refractivity contribution in [1.82, 2.24) is 0 Å².